The molecule has 4 heterocycles. The van der Waals surface area contributed by atoms with Crippen molar-refractivity contribution in [3.8, 4) is 0 Å². The highest BCUT2D eigenvalue weighted by Gasteiger charge is 2.21. The Morgan fingerprint density at radius 2 is 2.08 bits per heavy atom. The van der Waals surface area contributed by atoms with Crippen LogP contribution >= 0.6 is 0 Å². The fraction of sp³-hybridized carbons (Fsp3) is 0.538. The highest BCUT2D eigenvalue weighted by Crippen LogP contribution is 2.21. The predicted octanol–water partition coefficient (Wildman–Crippen LogP) is 1.83. The van der Waals surface area contributed by atoms with Gasteiger partial charge in [0.05, 0.1) is 11.6 Å². The number of aryl methyl sites for hydroxylation is 3. The first-order valence-electron chi connectivity index (χ1n) is 13.2. The third-order valence-corrected chi connectivity index (χ3v) is 6.78. The molecule has 4 rings (SSSR count). The highest BCUT2D eigenvalue weighted by molar-refractivity contribution is 5.88. The number of aromatic nitrogens is 5. The van der Waals surface area contributed by atoms with Crippen molar-refractivity contribution < 1.29 is 14.7 Å². The molecular formula is C26H37N9O3. The van der Waals surface area contributed by atoms with E-state index < -0.39 is 12.0 Å². The van der Waals surface area contributed by atoms with Gasteiger partial charge in [-0.2, -0.15) is 5.10 Å². The summed E-state index contributed by atoms with van der Waals surface area (Å²) in [6.45, 7) is 4.99. The number of carbonyl (C=O) groups is 2. The van der Waals surface area contributed by atoms with Crippen molar-refractivity contribution in [2.75, 3.05) is 43.4 Å². The van der Waals surface area contributed by atoms with Crippen molar-refractivity contribution in [1.29, 1.82) is 0 Å². The summed E-state index contributed by atoms with van der Waals surface area (Å²) < 4.78 is 1.62. The molecule has 0 saturated heterocycles. The van der Waals surface area contributed by atoms with E-state index in [0.717, 1.165) is 56.7 Å². The zero-order valence-corrected chi connectivity index (χ0v) is 22.1. The Bertz CT molecular complexity index is 1250. The van der Waals surface area contributed by atoms with Crippen LogP contribution in [0.2, 0.25) is 0 Å². The molecule has 0 aromatic carbocycles. The Hall–Kier alpha value is -3.80. The molecule has 12 nitrogen and oxygen atoms in total. The second-order valence-corrected chi connectivity index (χ2v) is 9.67. The Balaban J connectivity index is 1.31. The minimum atomic E-state index is -0.949. The molecule has 1 aliphatic heterocycles. The molecule has 3 aromatic heterocycles. The van der Waals surface area contributed by atoms with Gasteiger partial charge < -0.3 is 26.0 Å². The third kappa shape index (κ3) is 7.37. The van der Waals surface area contributed by atoms with Crippen LogP contribution in [0.3, 0.4) is 0 Å². The largest absolute Gasteiger partial charge is 0.480 e. The number of anilines is 2. The van der Waals surface area contributed by atoms with Crippen LogP contribution in [0, 0.1) is 0 Å². The molecule has 204 valence electrons. The maximum Gasteiger partial charge on any atom is 0.326 e. The number of carboxylic acid groups (broad SMARTS) is 1. The average molecular weight is 524 g/mol. The second kappa shape index (κ2) is 13.1. The number of pyridine rings is 1. The molecular weight excluding hydrogens is 486 g/mol. The lowest BCUT2D eigenvalue weighted by Crippen LogP contribution is -2.39. The van der Waals surface area contributed by atoms with Crippen molar-refractivity contribution in [1.82, 2.24) is 34.9 Å². The molecule has 0 radical (unpaired) electrons. The van der Waals surface area contributed by atoms with Gasteiger partial charge in [-0.15, -0.1) is 0 Å². The van der Waals surface area contributed by atoms with E-state index in [4.69, 9.17) is 4.98 Å². The van der Waals surface area contributed by atoms with Crippen LogP contribution in [0.15, 0.2) is 24.7 Å². The lowest BCUT2D eigenvalue weighted by molar-refractivity contribution is -0.138. The number of hydrogen-bond acceptors (Lipinski definition) is 9. The van der Waals surface area contributed by atoms with Crippen LogP contribution in [0.1, 0.15) is 43.9 Å². The Labute approximate surface area is 222 Å². The first kappa shape index (κ1) is 27.2. The van der Waals surface area contributed by atoms with Crippen LogP contribution < -0.4 is 16.0 Å². The van der Waals surface area contributed by atoms with Crippen molar-refractivity contribution in [3.05, 3.63) is 35.9 Å². The van der Waals surface area contributed by atoms with E-state index in [-0.39, 0.29) is 5.91 Å². The average Bonchev–Trinajstić information content (AvgIpc) is 3.29. The van der Waals surface area contributed by atoms with Crippen molar-refractivity contribution >= 4 is 34.5 Å². The van der Waals surface area contributed by atoms with E-state index in [1.165, 1.54) is 18.8 Å². The van der Waals surface area contributed by atoms with Crippen molar-refractivity contribution in [2.24, 2.45) is 7.05 Å². The third-order valence-electron chi connectivity index (χ3n) is 6.78. The minimum absolute atomic E-state index is 0.0774. The zero-order valence-electron chi connectivity index (χ0n) is 22.1. The summed E-state index contributed by atoms with van der Waals surface area (Å²) in [6.07, 6.45) is 8.44. The van der Waals surface area contributed by atoms with Crippen LogP contribution in [0.25, 0.3) is 11.0 Å². The van der Waals surface area contributed by atoms with Gasteiger partial charge in [-0.05, 0) is 56.7 Å². The summed E-state index contributed by atoms with van der Waals surface area (Å²) in [6, 6.07) is 3.47. The summed E-state index contributed by atoms with van der Waals surface area (Å²) in [4.78, 5) is 38.9. The van der Waals surface area contributed by atoms with Gasteiger partial charge in [-0.1, -0.05) is 6.07 Å². The Morgan fingerprint density at radius 3 is 2.89 bits per heavy atom. The van der Waals surface area contributed by atoms with E-state index in [9.17, 15) is 14.7 Å². The van der Waals surface area contributed by atoms with Gasteiger partial charge in [0.25, 0.3) is 0 Å². The summed E-state index contributed by atoms with van der Waals surface area (Å²) in [5.41, 5.74) is 3.01. The van der Waals surface area contributed by atoms with Crippen molar-refractivity contribution in [3.63, 3.8) is 0 Å². The summed E-state index contributed by atoms with van der Waals surface area (Å²) in [7, 11) is 1.78. The van der Waals surface area contributed by atoms with Gasteiger partial charge in [0, 0.05) is 45.8 Å². The second-order valence-electron chi connectivity index (χ2n) is 9.67. The van der Waals surface area contributed by atoms with E-state index in [2.05, 4.69) is 48.0 Å². The Morgan fingerprint density at radius 1 is 1.21 bits per heavy atom. The van der Waals surface area contributed by atoms with Gasteiger partial charge in [0.1, 0.15) is 24.0 Å². The number of rotatable bonds is 14. The molecule has 1 amide bonds. The molecule has 3 aromatic rings. The predicted molar refractivity (Wildman–Crippen MR) is 145 cm³/mol. The van der Waals surface area contributed by atoms with Crippen LogP contribution in [0.4, 0.5) is 11.6 Å². The summed E-state index contributed by atoms with van der Waals surface area (Å²) in [5.74, 6) is 0.443. The number of fused-ring (bicyclic) bond motifs is 2. The SMILES string of the molecule is CC(=O)NCCN(CCCCc1ccc2c(n1)NCCC2)CC[C@H](Nc1ncnc2c1cnn2C)C(=O)O. The normalized spacial score (nSPS) is 13.7. The van der Waals surface area contributed by atoms with E-state index >= 15 is 0 Å². The van der Waals surface area contributed by atoms with E-state index in [1.54, 1.807) is 17.9 Å². The fourth-order valence-corrected chi connectivity index (χ4v) is 4.69. The summed E-state index contributed by atoms with van der Waals surface area (Å²) in [5, 5.41) is 24.0. The van der Waals surface area contributed by atoms with Crippen LogP contribution in [-0.4, -0.2) is 85.4 Å². The van der Waals surface area contributed by atoms with E-state index in [1.807, 2.05) is 0 Å². The van der Waals surface area contributed by atoms with Crippen molar-refractivity contribution in [2.45, 2.75) is 51.5 Å². The van der Waals surface area contributed by atoms with Gasteiger partial charge in [0.2, 0.25) is 5.91 Å². The molecule has 0 fully saturated rings. The lowest BCUT2D eigenvalue weighted by Gasteiger charge is -2.25. The topological polar surface area (TPSA) is 150 Å². The first-order valence-corrected chi connectivity index (χ1v) is 13.2. The number of aliphatic carboxylic acids is 1. The van der Waals surface area contributed by atoms with E-state index in [0.29, 0.717) is 42.9 Å². The molecule has 38 heavy (non-hydrogen) atoms. The number of nitrogens with zero attached hydrogens (tertiary/aromatic N) is 6. The highest BCUT2D eigenvalue weighted by atomic mass is 16.4. The number of unbranched alkanes of at least 4 members (excludes halogenated alkanes) is 1. The van der Waals surface area contributed by atoms with Gasteiger partial charge in [-0.3, -0.25) is 9.48 Å². The number of amides is 1. The number of nitrogens with one attached hydrogen (secondary N) is 3. The number of carbonyl (C=O) groups excluding carboxylic acids is 1. The van der Waals surface area contributed by atoms with Crippen LogP contribution in [-0.2, 0) is 29.5 Å². The Kier molecular flexibility index (Phi) is 9.41. The number of carboxylic acids is 1. The maximum atomic E-state index is 12.1. The molecule has 0 saturated carbocycles. The minimum Gasteiger partial charge on any atom is -0.480 e. The quantitative estimate of drug-likeness (QED) is 0.230. The van der Waals surface area contributed by atoms with Gasteiger partial charge in [-0.25, -0.2) is 19.7 Å². The molecule has 0 bridgehead atoms. The molecule has 0 unspecified atom stereocenters. The number of hydrogen-bond donors (Lipinski definition) is 4. The molecule has 12 heteroatoms. The zero-order chi connectivity index (χ0) is 26.9. The first-order chi connectivity index (χ1) is 18.4. The maximum absolute atomic E-state index is 12.1. The molecule has 1 aliphatic rings. The van der Waals surface area contributed by atoms with Gasteiger partial charge in [0.15, 0.2) is 5.65 Å². The smallest absolute Gasteiger partial charge is 0.326 e. The molecule has 0 aliphatic carbocycles. The standard InChI is InChI=1S/C26H37N9O3/c1-18(36)27-12-15-35(13-4-3-7-20-9-8-19-6-5-11-28-23(19)32-20)14-10-22(26(37)38)33-24-21-16-31-34(2)25(21)30-17-29-24/h8-9,16-17,22H,3-7,10-15H2,1-2H3,(H,27,36)(H,28,32)(H,37,38)(H,29,30,33)/t22-/m0/s1. The molecule has 1 atom stereocenters. The molecule has 4 N–H and O–H groups in total. The van der Waals surface area contributed by atoms with Crippen LogP contribution in [0.5, 0.6) is 0 Å². The van der Waals surface area contributed by atoms with Gasteiger partial charge >= 0.3 is 5.97 Å². The summed E-state index contributed by atoms with van der Waals surface area (Å²) >= 11 is 0. The monoisotopic (exact) mass is 523 g/mol. The fourth-order valence-electron chi connectivity index (χ4n) is 4.69. The lowest BCUT2D eigenvalue weighted by atomic mass is 10.1. The molecule has 0 spiro atoms.